The smallest absolute Gasteiger partial charge is 0.308 e. The van der Waals surface area contributed by atoms with Crippen LogP contribution in [-0.4, -0.2) is 44.1 Å². The van der Waals surface area contributed by atoms with Crippen LogP contribution in [0.2, 0.25) is 0 Å². The van der Waals surface area contributed by atoms with Crippen LogP contribution in [0.4, 0.5) is 10.3 Å². The molecule has 0 bridgehead atoms. The molecule has 12 nitrogen and oxygen atoms in total. The molecule has 14 heteroatoms. The number of rotatable bonds is 11. The van der Waals surface area contributed by atoms with Crippen molar-refractivity contribution in [1.29, 1.82) is 0 Å². The highest BCUT2D eigenvalue weighted by Crippen LogP contribution is 2.26. The van der Waals surface area contributed by atoms with E-state index in [1.165, 1.54) is 36.5 Å². The molecule has 2 heterocycles. The molecule has 0 unspecified atom stereocenters. The largest absolute Gasteiger partial charge is 0.426 e. The number of hydrogen-bond donors (Lipinski definition) is 2. The second-order valence-corrected chi connectivity index (χ2v) is 11.3. The van der Waals surface area contributed by atoms with Crippen molar-refractivity contribution in [3.05, 3.63) is 68.7 Å². The van der Waals surface area contributed by atoms with E-state index in [-0.39, 0.29) is 11.8 Å². The van der Waals surface area contributed by atoms with Crippen molar-refractivity contribution in [3.63, 3.8) is 0 Å². The number of aromatic nitrogens is 4. The van der Waals surface area contributed by atoms with Crippen LogP contribution in [0, 0.1) is 13.8 Å². The van der Waals surface area contributed by atoms with E-state index in [4.69, 9.17) is 9.47 Å². The molecular formula is C28H28N6O6S2. The quantitative estimate of drug-likeness (QED) is 0.136. The Labute approximate surface area is 249 Å². The molecule has 0 saturated heterocycles. The standard InChI is InChI=1S/C28H28N6O6S2/c1-15-19(9-7-11-21(15)39-17(3)35)25(37)29-27-33-31-23(41-27)13-5-6-14-24-32-34-28(42-24)30-26(38)20-10-8-12-22(16(20)2)40-18(4)36/h7-12H,5-6,13-14H2,1-4H3,(H,29,33,37)(H,30,34,38). The van der Waals surface area contributed by atoms with Crippen LogP contribution in [0.1, 0.15) is 68.5 Å². The van der Waals surface area contributed by atoms with Crippen molar-refractivity contribution in [2.75, 3.05) is 10.6 Å². The Balaban J connectivity index is 1.24. The first-order chi connectivity index (χ1) is 20.1. The lowest BCUT2D eigenvalue weighted by Gasteiger charge is -2.09. The van der Waals surface area contributed by atoms with Gasteiger partial charge in [0, 0.05) is 48.9 Å². The topological polar surface area (TPSA) is 162 Å². The number of nitrogens with zero attached hydrogens (tertiary/aromatic N) is 4. The zero-order valence-electron chi connectivity index (χ0n) is 23.3. The SMILES string of the molecule is CC(=O)Oc1cccc(C(=O)Nc2nnc(CCCCc3nnc(NC(=O)c4cccc(OC(C)=O)c4C)s3)s2)c1C. The second-order valence-electron chi connectivity index (χ2n) is 9.16. The van der Waals surface area contributed by atoms with Crippen LogP contribution in [0.3, 0.4) is 0 Å². The summed E-state index contributed by atoms with van der Waals surface area (Å²) in [7, 11) is 0. The van der Waals surface area contributed by atoms with Gasteiger partial charge in [0.05, 0.1) is 0 Å². The summed E-state index contributed by atoms with van der Waals surface area (Å²) in [5.41, 5.74) is 1.86. The number of anilines is 2. The third kappa shape index (κ3) is 8.01. The second kappa shape index (κ2) is 13.9. The van der Waals surface area contributed by atoms with Crippen LogP contribution in [0.5, 0.6) is 11.5 Å². The van der Waals surface area contributed by atoms with E-state index < -0.39 is 11.9 Å². The molecule has 2 aromatic carbocycles. The number of aryl methyl sites for hydroxylation is 2. The molecule has 2 amide bonds. The van der Waals surface area contributed by atoms with E-state index in [2.05, 4.69) is 31.0 Å². The molecular weight excluding hydrogens is 580 g/mol. The van der Waals surface area contributed by atoms with Gasteiger partial charge in [-0.3, -0.25) is 29.8 Å². The average Bonchev–Trinajstić information content (AvgIpc) is 3.57. The molecule has 42 heavy (non-hydrogen) atoms. The summed E-state index contributed by atoms with van der Waals surface area (Å²) < 4.78 is 10.3. The summed E-state index contributed by atoms with van der Waals surface area (Å²) in [6.45, 7) is 6.03. The zero-order chi connectivity index (χ0) is 30.2. The summed E-state index contributed by atoms with van der Waals surface area (Å²) in [4.78, 5) is 48.1. The predicted molar refractivity (Wildman–Crippen MR) is 157 cm³/mol. The van der Waals surface area contributed by atoms with Crippen LogP contribution in [0.25, 0.3) is 0 Å². The molecule has 0 spiro atoms. The summed E-state index contributed by atoms with van der Waals surface area (Å²) in [5.74, 6) is -0.985. The molecule has 218 valence electrons. The van der Waals surface area contributed by atoms with Gasteiger partial charge in [0.25, 0.3) is 11.8 Å². The van der Waals surface area contributed by atoms with E-state index >= 15 is 0 Å². The average molecular weight is 609 g/mol. The minimum atomic E-state index is -0.460. The third-order valence-electron chi connectivity index (χ3n) is 5.97. The lowest BCUT2D eigenvalue weighted by molar-refractivity contribution is -0.132. The summed E-state index contributed by atoms with van der Waals surface area (Å²) in [5, 5.41) is 24.3. The molecule has 0 fully saturated rings. The van der Waals surface area contributed by atoms with Crippen molar-refractivity contribution in [1.82, 2.24) is 20.4 Å². The van der Waals surface area contributed by atoms with Gasteiger partial charge < -0.3 is 9.47 Å². The fraction of sp³-hybridized carbons (Fsp3) is 0.286. The van der Waals surface area contributed by atoms with Crippen LogP contribution in [-0.2, 0) is 22.4 Å². The van der Waals surface area contributed by atoms with Gasteiger partial charge in [-0.2, -0.15) is 0 Å². The van der Waals surface area contributed by atoms with Crippen molar-refractivity contribution in [2.45, 2.75) is 53.4 Å². The molecule has 0 atom stereocenters. The minimum Gasteiger partial charge on any atom is -0.426 e. The van der Waals surface area contributed by atoms with Gasteiger partial charge in [0.1, 0.15) is 21.5 Å². The maximum Gasteiger partial charge on any atom is 0.308 e. The van der Waals surface area contributed by atoms with Gasteiger partial charge in [-0.1, -0.05) is 34.8 Å². The molecule has 2 aromatic heterocycles. The van der Waals surface area contributed by atoms with Gasteiger partial charge in [0.2, 0.25) is 10.3 Å². The number of ether oxygens (including phenoxy) is 2. The van der Waals surface area contributed by atoms with E-state index in [9.17, 15) is 19.2 Å². The molecule has 4 rings (SSSR count). The van der Waals surface area contributed by atoms with Gasteiger partial charge in [-0.15, -0.1) is 20.4 Å². The maximum atomic E-state index is 12.8. The fourth-order valence-corrected chi connectivity index (χ4v) is 5.50. The molecule has 0 aliphatic carbocycles. The Hall–Kier alpha value is -4.56. The first-order valence-corrected chi connectivity index (χ1v) is 14.6. The summed E-state index contributed by atoms with van der Waals surface area (Å²) in [6, 6.07) is 9.84. The number of nitrogens with one attached hydrogen (secondary N) is 2. The Kier molecular flexibility index (Phi) is 10.0. The lowest BCUT2D eigenvalue weighted by Crippen LogP contribution is -2.14. The van der Waals surface area contributed by atoms with Crippen LogP contribution >= 0.6 is 22.7 Å². The first-order valence-electron chi connectivity index (χ1n) is 12.9. The number of carbonyl (C=O) groups is 4. The number of unbranched alkanes of at least 4 members (excludes halogenated alkanes) is 1. The summed E-state index contributed by atoms with van der Waals surface area (Å²) in [6.07, 6.45) is 2.98. The number of carbonyl (C=O) groups excluding carboxylic acids is 4. The molecule has 0 radical (unpaired) electrons. The lowest BCUT2D eigenvalue weighted by atomic mass is 10.1. The number of esters is 2. The number of hydrogen-bond acceptors (Lipinski definition) is 12. The molecule has 0 aliphatic rings. The fourth-order valence-electron chi connectivity index (χ4n) is 3.94. The predicted octanol–water partition coefficient (Wildman–Crippen LogP) is 4.93. The van der Waals surface area contributed by atoms with Gasteiger partial charge >= 0.3 is 11.9 Å². The van der Waals surface area contributed by atoms with Crippen molar-refractivity contribution in [2.24, 2.45) is 0 Å². The number of benzene rings is 2. The highest BCUT2D eigenvalue weighted by molar-refractivity contribution is 7.15. The zero-order valence-corrected chi connectivity index (χ0v) is 25.0. The maximum absolute atomic E-state index is 12.8. The first kappa shape index (κ1) is 30.4. The molecule has 0 aliphatic heterocycles. The Morgan fingerprint density at radius 1 is 0.667 bits per heavy atom. The van der Waals surface area contributed by atoms with Gasteiger partial charge in [0.15, 0.2) is 0 Å². The Morgan fingerprint density at radius 2 is 1.07 bits per heavy atom. The monoisotopic (exact) mass is 608 g/mol. The van der Waals surface area contributed by atoms with Gasteiger partial charge in [-0.05, 0) is 51.0 Å². The number of amides is 2. The minimum absolute atomic E-state index is 0.333. The van der Waals surface area contributed by atoms with Crippen LogP contribution in [0.15, 0.2) is 36.4 Å². The highest BCUT2D eigenvalue weighted by atomic mass is 32.1. The van der Waals surface area contributed by atoms with E-state index in [0.29, 0.717) is 56.9 Å². The van der Waals surface area contributed by atoms with E-state index in [0.717, 1.165) is 22.9 Å². The molecule has 0 saturated carbocycles. The third-order valence-corrected chi connectivity index (χ3v) is 7.77. The van der Waals surface area contributed by atoms with Crippen molar-refractivity contribution in [3.8, 4) is 11.5 Å². The van der Waals surface area contributed by atoms with E-state index in [1.807, 2.05) is 0 Å². The Bertz CT molecular complexity index is 1510. The molecule has 4 aromatic rings. The van der Waals surface area contributed by atoms with Crippen molar-refractivity contribution >= 4 is 56.7 Å². The van der Waals surface area contributed by atoms with E-state index in [1.54, 1.807) is 50.2 Å². The Morgan fingerprint density at radius 3 is 1.45 bits per heavy atom. The summed E-state index contributed by atoms with van der Waals surface area (Å²) >= 11 is 2.59. The van der Waals surface area contributed by atoms with Crippen LogP contribution < -0.4 is 20.1 Å². The van der Waals surface area contributed by atoms with Gasteiger partial charge in [-0.25, -0.2) is 0 Å². The normalized spacial score (nSPS) is 10.7. The molecule has 2 N–H and O–H groups in total. The van der Waals surface area contributed by atoms with Crippen molar-refractivity contribution < 1.29 is 28.7 Å². The highest BCUT2D eigenvalue weighted by Gasteiger charge is 2.17.